The zero-order valence-electron chi connectivity index (χ0n) is 10.6. The van der Waals surface area contributed by atoms with E-state index in [0.717, 1.165) is 13.0 Å². The van der Waals surface area contributed by atoms with E-state index in [0.29, 0.717) is 24.0 Å². The van der Waals surface area contributed by atoms with Crippen LogP contribution in [-0.4, -0.2) is 36.3 Å². The number of ether oxygens (including phenoxy) is 2. The van der Waals surface area contributed by atoms with Gasteiger partial charge in [-0.1, -0.05) is 0 Å². The average Bonchev–Trinajstić information content (AvgIpc) is 2.28. The fourth-order valence-corrected chi connectivity index (χ4v) is 1.26. The van der Waals surface area contributed by atoms with Gasteiger partial charge in [-0.2, -0.15) is 4.98 Å². The monoisotopic (exact) mass is 240 g/mol. The number of methoxy groups -OCH3 is 1. The number of nitrogen functional groups attached to an aromatic ring is 1. The Morgan fingerprint density at radius 3 is 2.82 bits per heavy atom. The normalized spacial score (nSPS) is 10.6. The Hall–Kier alpha value is -1.56. The van der Waals surface area contributed by atoms with Crippen LogP contribution in [-0.2, 0) is 4.74 Å². The lowest BCUT2D eigenvalue weighted by molar-refractivity contribution is 0.197. The van der Waals surface area contributed by atoms with Gasteiger partial charge in [0.15, 0.2) is 5.82 Å². The number of hydrogen-bond donors (Lipinski definition) is 2. The fourth-order valence-electron chi connectivity index (χ4n) is 1.26. The van der Waals surface area contributed by atoms with E-state index in [9.17, 15) is 0 Å². The highest BCUT2D eigenvalue weighted by Gasteiger charge is 2.09. The molecule has 0 aliphatic carbocycles. The molecular weight excluding hydrogens is 220 g/mol. The van der Waals surface area contributed by atoms with E-state index in [2.05, 4.69) is 15.3 Å². The minimum Gasteiger partial charge on any atom is -0.473 e. The summed E-state index contributed by atoms with van der Waals surface area (Å²) in [4.78, 5) is 8.08. The number of nitrogens with zero attached hydrogens (tertiary/aromatic N) is 2. The molecule has 0 aliphatic heterocycles. The number of hydrogen-bond acceptors (Lipinski definition) is 6. The van der Waals surface area contributed by atoms with Crippen LogP contribution in [0, 0.1) is 0 Å². The maximum absolute atomic E-state index is 5.90. The molecule has 0 saturated heterocycles. The van der Waals surface area contributed by atoms with E-state index in [1.54, 1.807) is 7.11 Å². The standard InChI is InChI=1S/C11H20N4O2/c1-8(2)17-11-9(12)10(14-7-15-11)13-5-4-6-16-3/h7-8H,4-6,12H2,1-3H3,(H,13,14,15). The fraction of sp³-hybridized carbons (Fsp3) is 0.636. The molecule has 0 unspecified atom stereocenters. The predicted octanol–water partition coefficient (Wildman–Crippen LogP) is 1.29. The SMILES string of the molecule is COCCCNc1ncnc(OC(C)C)c1N. The predicted molar refractivity (Wildman–Crippen MR) is 67.2 cm³/mol. The second kappa shape index (κ2) is 6.90. The van der Waals surface area contributed by atoms with E-state index < -0.39 is 0 Å². The average molecular weight is 240 g/mol. The quantitative estimate of drug-likeness (QED) is 0.699. The van der Waals surface area contributed by atoms with Crippen molar-refractivity contribution in [3.8, 4) is 5.88 Å². The highest BCUT2D eigenvalue weighted by atomic mass is 16.5. The summed E-state index contributed by atoms with van der Waals surface area (Å²) in [6.07, 6.45) is 2.36. The molecule has 0 bridgehead atoms. The lowest BCUT2D eigenvalue weighted by atomic mass is 10.4. The first-order valence-corrected chi connectivity index (χ1v) is 5.65. The van der Waals surface area contributed by atoms with E-state index in [-0.39, 0.29) is 6.10 Å². The van der Waals surface area contributed by atoms with Crippen molar-refractivity contribution in [1.29, 1.82) is 0 Å². The molecule has 0 aromatic carbocycles. The van der Waals surface area contributed by atoms with Gasteiger partial charge in [0.25, 0.3) is 0 Å². The molecule has 0 fully saturated rings. The minimum atomic E-state index is 0.0357. The molecule has 0 saturated carbocycles. The van der Waals surface area contributed by atoms with E-state index in [4.69, 9.17) is 15.2 Å². The number of rotatable bonds is 7. The summed E-state index contributed by atoms with van der Waals surface area (Å²) >= 11 is 0. The van der Waals surface area contributed by atoms with Crippen molar-refractivity contribution >= 4 is 11.5 Å². The van der Waals surface area contributed by atoms with Crippen LogP contribution in [0.1, 0.15) is 20.3 Å². The Labute approximate surface area is 102 Å². The molecule has 1 heterocycles. The van der Waals surface area contributed by atoms with Crippen LogP contribution < -0.4 is 15.8 Å². The first kappa shape index (κ1) is 13.5. The molecule has 17 heavy (non-hydrogen) atoms. The molecule has 6 nitrogen and oxygen atoms in total. The van der Waals surface area contributed by atoms with Crippen molar-refractivity contribution in [3.63, 3.8) is 0 Å². The molecular formula is C11H20N4O2. The second-order valence-electron chi connectivity index (χ2n) is 3.88. The summed E-state index contributed by atoms with van der Waals surface area (Å²) in [5, 5.41) is 3.13. The van der Waals surface area contributed by atoms with Crippen LogP contribution in [0.15, 0.2) is 6.33 Å². The smallest absolute Gasteiger partial charge is 0.242 e. The molecule has 0 spiro atoms. The van der Waals surface area contributed by atoms with Gasteiger partial charge < -0.3 is 20.5 Å². The van der Waals surface area contributed by atoms with Crippen LogP contribution in [0.2, 0.25) is 0 Å². The van der Waals surface area contributed by atoms with Crippen LogP contribution in [0.5, 0.6) is 5.88 Å². The number of nitrogens with one attached hydrogen (secondary N) is 1. The number of nitrogens with two attached hydrogens (primary N) is 1. The van der Waals surface area contributed by atoms with Gasteiger partial charge in [-0.15, -0.1) is 0 Å². The topological polar surface area (TPSA) is 82.3 Å². The summed E-state index contributed by atoms with van der Waals surface area (Å²) in [6.45, 7) is 5.30. The third kappa shape index (κ3) is 4.44. The number of anilines is 2. The van der Waals surface area contributed by atoms with Gasteiger partial charge in [0, 0.05) is 20.3 Å². The second-order valence-corrected chi connectivity index (χ2v) is 3.88. The molecule has 0 radical (unpaired) electrons. The third-order valence-corrected chi connectivity index (χ3v) is 2.01. The Balaban J connectivity index is 2.59. The lowest BCUT2D eigenvalue weighted by Gasteiger charge is -2.13. The Bertz CT molecular complexity index is 344. The molecule has 6 heteroatoms. The van der Waals surface area contributed by atoms with Crippen molar-refractivity contribution in [2.24, 2.45) is 0 Å². The van der Waals surface area contributed by atoms with E-state index >= 15 is 0 Å². The van der Waals surface area contributed by atoms with Gasteiger partial charge in [0.1, 0.15) is 12.0 Å². The Kier molecular flexibility index (Phi) is 5.48. The summed E-state index contributed by atoms with van der Waals surface area (Å²) in [6, 6.07) is 0. The Morgan fingerprint density at radius 2 is 2.18 bits per heavy atom. The van der Waals surface area contributed by atoms with Crippen LogP contribution in [0.4, 0.5) is 11.5 Å². The van der Waals surface area contributed by atoms with E-state index in [1.807, 2.05) is 13.8 Å². The molecule has 1 rings (SSSR count). The zero-order chi connectivity index (χ0) is 12.7. The van der Waals surface area contributed by atoms with Crippen molar-refractivity contribution < 1.29 is 9.47 Å². The van der Waals surface area contributed by atoms with Crippen LogP contribution in [0.25, 0.3) is 0 Å². The molecule has 3 N–H and O–H groups in total. The van der Waals surface area contributed by atoms with Crippen molar-refractivity contribution in [2.45, 2.75) is 26.4 Å². The van der Waals surface area contributed by atoms with Gasteiger partial charge in [-0.3, -0.25) is 0 Å². The lowest BCUT2D eigenvalue weighted by Crippen LogP contribution is -2.13. The summed E-state index contributed by atoms with van der Waals surface area (Å²) in [5.74, 6) is 1.02. The van der Waals surface area contributed by atoms with Crippen molar-refractivity contribution in [1.82, 2.24) is 9.97 Å². The van der Waals surface area contributed by atoms with E-state index in [1.165, 1.54) is 6.33 Å². The molecule has 1 aromatic rings. The molecule has 0 aliphatic rings. The summed E-state index contributed by atoms with van der Waals surface area (Å²) in [7, 11) is 1.67. The molecule has 0 atom stereocenters. The molecule has 1 aromatic heterocycles. The first-order valence-electron chi connectivity index (χ1n) is 5.65. The largest absolute Gasteiger partial charge is 0.473 e. The van der Waals surface area contributed by atoms with Crippen LogP contribution >= 0.6 is 0 Å². The molecule has 96 valence electrons. The Morgan fingerprint density at radius 1 is 1.41 bits per heavy atom. The zero-order valence-corrected chi connectivity index (χ0v) is 10.6. The highest BCUT2D eigenvalue weighted by Crippen LogP contribution is 2.25. The highest BCUT2D eigenvalue weighted by molar-refractivity contribution is 5.66. The summed E-state index contributed by atoms with van der Waals surface area (Å²) < 4.78 is 10.4. The third-order valence-electron chi connectivity index (χ3n) is 2.01. The van der Waals surface area contributed by atoms with Gasteiger partial charge in [0.2, 0.25) is 5.88 Å². The van der Waals surface area contributed by atoms with Gasteiger partial charge in [0.05, 0.1) is 6.10 Å². The van der Waals surface area contributed by atoms with Crippen LogP contribution in [0.3, 0.4) is 0 Å². The van der Waals surface area contributed by atoms with Crippen molar-refractivity contribution in [3.05, 3.63) is 6.33 Å². The first-order chi connectivity index (χ1) is 8.15. The maximum Gasteiger partial charge on any atom is 0.242 e. The van der Waals surface area contributed by atoms with Gasteiger partial charge in [-0.25, -0.2) is 4.98 Å². The molecule has 0 amide bonds. The summed E-state index contributed by atoms with van der Waals surface area (Å²) in [5.41, 5.74) is 6.35. The van der Waals surface area contributed by atoms with Gasteiger partial charge >= 0.3 is 0 Å². The minimum absolute atomic E-state index is 0.0357. The van der Waals surface area contributed by atoms with Crippen molar-refractivity contribution in [2.75, 3.05) is 31.3 Å². The maximum atomic E-state index is 5.90. The number of aromatic nitrogens is 2. The van der Waals surface area contributed by atoms with Gasteiger partial charge in [-0.05, 0) is 20.3 Å².